The summed E-state index contributed by atoms with van der Waals surface area (Å²) in [7, 11) is 1.91. The number of carbonyl (C=O) groups excluding carboxylic acids is 1. The minimum atomic E-state index is -0.0982. The molecule has 294 valence electrons. The Kier molecular flexibility index (Phi) is 15.6. The van der Waals surface area contributed by atoms with Crippen molar-refractivity contribution in [2.45, 2.75) is 231 Å². The van der Waals surface area contributed by atoms with Crippen LogP contribution in [0.3, 0.4) is 0 Å². The third-order valence-corrected chi connectivity index (χ3v) is 16.9. The molecule has 6 fully saturated rings. The fraction of sp³-hybridized carbons (Fsp3) is 0.979. The summed E-state index contributed by atoms with van der Waals surface area (Å²) in [6.45, 7) is 9.27. The molecule has 6 unspecified atom stereocenters. The summed E-state index contributed by atoms with van der Waals surface area (Å²) in [5.41, 5.74) is 0. The van der Waals surface area contributed by atoms with Crippen LogP contribution >= 0.6 is 0 Å². The molecule has 51 heavy (non-hydrogen) atoms. The first-order valence-electron chi connectivity index (χ1n) is 23.3. The molecule has 0 radical (unpaired) electrons. The van der Waals surface area contributed by atoms with E-state index < -0.39 is 0 Å². The number of esters is 1. The van der Waals surface area contributed by atoms with E-state index in [-0.39, 0.29) is 12.1 Å². The van der Waals surface area contributed by atoms with E-state index in [2.05, 4.69) is 25.7 Å². The van der Waals surface area contributed by atoms with Crippen molar-refractivity contribution in [1.82, 2.24) is 4.90 Å². The summed E-state index contributed by atoms with van der Waals surface area (Å²) in [6.07, 6.45) is 38.8. The molecule has 6 saturated carbocycles. The minimum Gasteiger partial charge on any atom is -0.463 e. The van der Waals surface area contributed by atoms with Gasteiger partial charge in [-0.25, -0.2) is 0 Å². The third-order valence-electron chi connectivity index (χ3n) is 16.9. The molecule has 0 saturated heterocycles. The van der Waals surface area contributed by atoms with Crippen molar-refractivity contribution in [3.63, 3.8) is 0 Å². The number of methoxy groups -OCH3 is 1. The topological polar surface area (TPSA) is 38.8 Å². The largest absolute Gasteiger partial charge is 0.463 e. The van der Waals surface area contributed by atoms with E-state index in [1.807, 2.05) is 7.11 Å². The average Bonchev–Trinajstić information content (AvgIpc) is 3.15. The molecular weight excluding hydrogens is 627 g/mol. The number of rotatable bonds is 13. The van der Waals surface area contributed by atoms with Crippen molar-refractivity contribution in [2.75, 3.05) is 7.11 Å². The van der Waals surface area contributed by atoms with Gasteiger partial charge in [-0.3, -0.25) is 9.69 Å². The maximum atomic E-state index is 11.4. The molecule has 6 aliphatic rings. The van der Waals surface area contributed by atoms with E-state index in [1.54, 1.807) is 6.92 Å². The first-order valence-corrected chi connectivity index (χ1v) is 23.3. The normalized spacial score (nSPS) is 42.8. The molecule has 0 aromatic heterocycles. The van der Waals surface area contributed by atoms with Crippen LogP contribution in [0.5, 0.6) is 0 Å². The van der Waals surface area contributed by atoms with E-state index in [0.29, 0.717) is 6.10 Å². The summed E-state index contributed by atoms with van der Waals surface area (Å²) < 4.78 is 11.2. The van der Waals surface area contributed by atoms with E-state index in [4.69, 9.17) is 9.47 Å². The molecule has 0 aliphatic heterocycles. The van der Waals surface area contributed by atoms with E-state index in [1.165, 1.54) is 161 Å². The molecular formula is C47H83NO3. The zero-order valence-corrected chi connectivity index (χ0v) is 34.3. The van der Waals surface area contributed by atoms with Gasteiger partial charge >= 0.3 is 5.97 Å². The highest BCUT2D eigenvalue weighted by molar-refractivity contribution is 5.66. The van der Waals surface area contributed by atoms with E-state index in [0.717, 1.165) is 84.2 Å². The highest BCUT2D eigenvalue weighted by Gasteiger charge is 2.42. The van der Waals surface area contributed by atoms with Crippen molar-refractivity contribution in [3.8, 4) is 0 Å². The third kappa shape index (κ3) is 11.2. The van der Waals surface area contributed by atoms with Crippen LogP contribution in [-0.2, 0) is 14.3 Å². The Morgan fingerprint density at radius 3 is 1.39 bits per heavy atom. The SMILES string of the molecule is CCC1CCC(C2CCC(N(C3CCC(CCC4CCC(OC)CC4)C(C)C3)C3CCC(CCC4CCC(OC(C)=O)CC4)C(C)C3)CC2)CC1. The van der Waals surface area contributed by atoms with E-state index in [9.17, 15) is 4.79 Å². The highest BCUT2D eigenvalue weighted by atomic mass is 16.5. The lowest BCUT2D eigenvalue weighted by molar-refractivity contribution is -0.148. The van der Waals surface area contributed by atoms with Crippen LogP contribution < -0.4 is 0 Å². The second-order valence-electron chi connectivity index (χ2n) is 19.9. The number of hydrogen-bond donors (Lipinski definition) is 0. The average molecular weight is 710 g/mol. The van der Waals surface area contributed by atoms with Crippen molar-refractivity contribution in [1.29, 1.82) is 0 Å². The summed E-state index contributed by atoms with van der Waals surface area (Å²) in [5.74, 6) is 8.40. The molecule has 6 atom stereocenters. The van der Waals surface area contributed by atoms with Gasteiger partial charge in [-0.1, -0.05) is 52.9 Å². The Hall–Kier alpha value is -0.610. The molecule has 4 nitrogen and oxygen atoms in total. The molecule has 0 N–H and O–H groups in total. The number of nitrogens with zero attached hydrogens (tertiary/aromatic N) is 1. The quantitative estimate of drug-likeness (QED) is 0.178. The predicted octanol–water partition coefficient (Wildman–Crippen LogP) is 12.6. The zero-order valence-electron chi connectivity index (χ0n) is 34.3. The maximum absolute atomic E-state index is 11.4. The van der Waals surface area contributed by atoms with Gasteiger partial charge in [0.2, 0.25) is 0 Å². The van der Waals surface area contributed by atoms with Gasteiger partial charge in [0.25, 0.3) is 0 Å². The van der Waals surface area contributed by atoms with Crippen LogP contribution in [0.25, 0.3) is 0 Å². The molecule has 0 bridgehead atoms. The van der Waals surface area contributed by atoms with Gasteiger partial charge in [-0.2, -0.15) is 0 Å². The van der Waals surface area contributed by atoms with Crippen LogP contribution in [0.4, 0.5) is 0 Å². The lowest BCUT2D eigenvalue weighted by Crippen LogP contribution is -2.54. The maximum Gasteiger partial charge on any atom is 0.302 e. The number of carbonyl (C=O) groups is 1. The fourth-order valence-electron chi connectivity index (χ4n) is 13.4. The Labute approximate surface area is 316 Å². The standard InChI is InChI=1S/C47H83NO3/c1-6-36-7-17-41(18-8-36)42-21-23-43(24-22-42)48(44-25-19-39(33(2)31-44)15-9-37-11-27-46(50-5)28-12-37)45-26-20-40(34(3)32-45)16-10-38-13-29-47(30-14-38)51-35(4)49/h33-34,36-47H,6-32H2,1-5H3. The summed E-state index contributed by atoms with van der Waals surface area (Å²) >= 11 is 0. The Morgan fingerprint density at radius 1 is 0.529 bits per heavy atom. The first kappa shape index (κ1) is 40.1. The van der Waals surface area contributed by atoms with Crippen molar-refractivity contribution < 1.29 is 14.3 Å². The molecule has 6 rings (SSSR count). The minimum absolute atomic E-state index is 0.0982. The molecule has 6 aliphatic carbocycles. The van der Waals surface area contributed by atoms with Gasteiger partial charge in [-0.15, -0.1) is 0 Å². The van der Waals surface area contributed by atoms with Gasteiger partial charge < -0.3 is 9.47 Å². The molecule has 0 aromatic carbocycles. The Morgan fingerprint density at radius 2 is 0.961 bits per heavy atom. The molecule has 0 heterocycles. The zero-order chi connectivity index (χ0) is 35.7. The molecule has 4 heteroatoms. The van der Waals surface area contributed by atoms with Crippen LogP contribution in [-0.4, -0.2) is 48.3 Å². The Balaban J connectivity index is 1.02. The van der Waals surface area contributed by atoms with Gasteiger partial charge in [0.1, 0.15) is 6.10 Å². The van der Waals surface area contributed by atoms with Crippen molar-refractivity contribution in [2.24, 2.45) is 53.3 Å². The Bertz CT molecular complexity index is 999. The van der Waals surface area contributed by atoms with Crippen LogP contribution in [0.15, 0.2) is 0 Å². The summed E-state index contributed by atoms with van der Waals surface area (Å²) in [6, 6.07) is 2.50. The number of ether oxygens (including phenoxy) is 2. The van der Waals surface area contributed by atoms with E-state index >= 15 is 0 Å². The smallest absolute Gasteiger partial charge is 0.302 e. The lowest BCUT2D eigenvalue weighted by atomic mass is 9.68. The second-order valence-corrected chi connectivity index (χ2v) is 19.9. The van der Waals surface area contributed by atoms with Crippen LogP contribution in [0, 0.1) is 53.3 Å². The number of hydrogen-bond acceptors (Lipinski definition) is 4. The van der Waals surface area contributed by atoms with Gasteiger partial charge in [0.05, 0.1) is 6.10 Å². The van der Waals surface area contributed by atoms with Crippen LogP contribution in [0.2, 0.25) is 0 Å². The monoisotopic (exact) mass is 710 g/mol. The molecule has 0 amide bonds. The van der Waals surface area contributed by atoms with Gasteiger partial charge in [0.15, 0.2) is 0 Å². The van der Waals surface area contributed by atoms with Crippen LogP contribution in [0.1, 0.15) is 201 Å². The van der Waals surface area contributed by atoms with Crippen molar-refractivity contribution in [3.05, 3.63) is 0 Å². The molecule has 0 aromatic rings. The van der Waals surface area contributed by atoms with Crippen molar-refractivity contribution >= 4 is 5.97 Å². The second kappa shape index (κ2) is 19.8. The fourth-order valence-corrected chi connectivity index (χ4v) is 13.4. The first-order chi connectivity index (χ1) is 24.8. The predicted molar refractivity (Wildman–Crippen MR) is 213 cm³/mol. The summed E-state index contributed by atoms with van der Waals surface area (Å²) in [5, 5.41) is 0. The summed E-state index contributed by atoms with van der Waals surface area (Å²) in [4.78, 5) is 14.7. The van der Waals surface area contributed by atoms with Gasteiger partial charge in [0, 0.05) is 32.2 Å². The molecule has 0 spiro atoms. The lowest BCUT2D eigenvalue weighted by Gasteiger charge is -2.52. The van der Waals surface area contributed by atoms with Gasteiger partial charge in [-0.05, 0) is 195 Å². The highest BCUT2D eigenvalue weighted by Crippen LogP contribution is 2.47.